The quantitative estimate of drug-likeness (QED) is 0.537. The minimum atomic E-state index is -5.38. The Hall–Kier alpha value is -2.95. The maximum Gasteiger partial charge on any atom is 0.501 e. The Morgan fingerprint density at radius 2 is 1.71 bits per heavy atom. The summed E-state index contributed by atoms with van der Waals surface area (Å²) in [5, 5.41) is 3.95. The van der Waals surface area contributed by atoms with Crippen molar-refractivity contribution in [3.63, 3.8) is 0 Å². The second kappa shape index (κ2) is 7.95. The van der Waals surface area contributed by atoms with Crippen LogP contribution in [0, 0.1) is 5.82 Å². The van der Waals surface area contributed by atoms with E-state index >= 15 is 0 Å². The molecule has 2 heterocycles. The molecule has 3 aromatic rings. The number of aromatic nitrogens is 2. The normalized spacial score (nSPS) is 17.7. The summed E-state index contributed by atoms with van der Waals surface area (Å²) in [6.45, 7) is 1.14. The van der Waals surface area contributed by atoms with Gasteiger partial charge >= 0.3 is 5.51 Å². The van der Waals surface area contributed by atoms with Crippen molar-refractivity contribution < 1.29 is 30.5 Å². The van der Waals surface area contributed by atoms with Crippen molar-refractivity contribution in [3.8, 4) is 11.4 Å². The topological polar surface area (TPSA) is 76.3 Å². The number of hydrogen-bond acceptors (Lipinski definition) is 6. The molecule has 0 radical (unpaired) electrons. The average molecular weight is 455 g/mol. The van der Waals surface area contributed by atoms with Gasteiger partial charge in [-0.15, -0.1) is 0 Å². The van der Waals surface area contributed by atoms with Crippen molar-refractivity contribution in [3.05, 3.63) is 60.2 Å². The van der Waals surface area contributed by atoms with Crippen LogP contribution in [0.2, 0.25) is 0 Å². The van der Waals surface area contributed by atoms with Gasteiger partial charge in [0, 0.05) is 24.3 Å². The highest BCUT2D eigenvalue weighted by molar-refractivity contribution is 7.92. The van der Waals surface area contributed by atoms with Crippen molar-refractivity contribution in [2.24, 2.45) is 0 Å². The minimum Gasteiger partial charge on any atom is -0.371 e. The van der Waals surface area contributed by atoms with Crippen LogP contribution < -0.4 is 4.90 Å². The third kappa shape index (κ3) is 4.27. The fourth-order valence-corrected chi connectivity index (χ4v) is 4.26. The Bertz CT molecular complexity index is 1160. The summed E-state index contributed by atoms with van der Waals surface area (Å²) in [7, 11) is -5.38. The van der Waals surface area contributed by atoms with Crippen LogP contribution in [0.25, 0.3) is 11.4 Å². The van der Waals surface area contributed by atoms with E-state index in [1.807, 2.05) is 4.90 Å². The smallest absolute Gasteiger partial charge is 0.371 e. The van der Waals surface area contributed by atoms with E-state index in [2.05, 4.69) is 10.1 Å². The van der Waals surface area contributed by atoms with Gasteiger partial charge in [-0.3, -0.25) is 0 Å². The molecule has 1 aliphatic heterocycles. The zero-order valence-electron chi connectivity index (χ0n) is 16.0. The third-order valence-electron chi connectivity index (χ3n) is 5.13. The summed E-state index contributed by atoms with van der Waals surface area (Å²) in [6, 6.07) is 10.3. The highest BCUT2D eigenvalue weighted by atomic mass is 32.2. The van der Waals surface area contributed by atoms with E-state index in [-0.39, 0.29) is 11.7 Å². The van der Waals surface area contributed by atoms with Crippen LogP contribution in [0.15, 0.2) is 57.9 Å². The lowest BCUT2D eigenvalue weighted by Gasteiger charge is -2.32. The first-order valence-electron chi connectivity index (χ1n) is 9.41. The van der Waals surface area contributed by atoms with Crippen LogP contribution in [-0.2, 0) is 9.84 Å². The second-order valence-electron chi connectivity index (χ2n) is 7.19. The summed E-state index contributed by atoms with van der Waals surface area (Å²) in [6.07, 6.45) is 1.56. The summed E-state index contributed by atoms with van der Waals surface area (Å²) in [5.41, 5.74) is -4.13. The SMILES string of the molecule is O=S(=O)(c1ccc(N2CCC[C@H](c3nc(-c4ccc(F)cc4)no3)C2)cc1)C(F)(F)F. The van der Waals surface area contributed by atoms with Crippen LogP contribution in [0.1, 0.15) is 24.7 Å². The van der Waals surface area contributed by atoms with Gasteiger partial charge in [0.25, 0.3) is 9.84 Å². The van der Waals surface area contributed by atoms with Gasteiger partial charge in [0.2, 0.25) is 11.7 Å². The number of piperidine rings is 1. The van der Waals surface area contributed by atoms with Crippen molar-refractivity contribution in [2.45, 2.75) is 29.2 Å². The first-order chi connectivity index (χ1) is 14.6. The van der Waals surface area contributed by atoms with Gasteiger partial charge in [-0.05, 0) is 61.4 Å². The summed E-state index contributed by atoms with van der Waals surface area (Å²) in [4.78, 5) is 5.54. The van der Waals surface area contributed by atoms with Crippen LogP contribution in [-0.4, -0.2) is 37.2 Å². The monoisotopic (exact) mass is 455 g/mol. The van der Waals surface area contributed by atoms with Crippen molar-refractivity contribution >= 4 is 15.5 Å². The van der Waals surface area contributed by atoms with Crippen LogP contribution >= 0.6 is 0 Å². The lowest BCUT2D eigenvalue weighted by molar-refractivity contribution is -0.0436. The highest BCUT2D eigenvalue weighted by Crippen LogP contribution is 2.33. The fraction of sp³-hybridized carbons (Fsp3) is 0.300. The highest BCUT2D eigenvalue weighted by Gasteiger charge is 2.46. The molecular formula is C20H17F4N3O3S. The Kier molecular flexibility index (Phi) is 5.46. The molecule has 0 spiro atoms. The third-order valence-corrected chi connectivity index (χ3v) is 6.63. The molecule has 0 bridgehead atoms. The zero-order valence-corrected chi connectivity index (χ0v) is 16.8. The minimum absolute atomic E-state index is 0.103. The number of alkyl halides is 3. The predicted molar refractivity (Wildman–Crippen MR) is 104 cm³/mol. The molecule has 4 rings (SSSR count). The van der Waals surface area contributed by atoms with E-state index in [1.165, 1.54) is 24.3 Å². The lowest BCUT2D eigenvalue weighted by atomic mass is 9.97. The maximum absolute atomic E-state index is 13.1. The molecular weight excluding hydrogens is 438 g/mol. The largest absolute Gasteiger partial charge is 0.501 e. The number of benzene rings is 2. The van der Waals surface area contributed by atoms with E-state index in [0.29, 0.717) is 36.1 Å². The molecule has 164 valence electrons. The van der Waals surface area contributed by atoms with E-state index < -0.39 is 20.2 Å². The molecule has 2 aromatic carbocycles. The van der Waals surface area contributed by atoms with E-state index in [4.69, 9.17) is 4.52 Å². The van der Waals surface area contributed by atoms with Gasteiger partial charge in [0.1, 0.15) is 5.82 Å². The molecule has 31 heavy (non-hydrogen) atoms. The summed E-state index contributed by atoms with van der Waals surface area (Å²) < 4.78 is 79.7. The van der Waals surface area contributed by atoms with Crippen molar-refractivity contribution in [1.82, 2.24) is 10.1 Å². The van der Waals surface area contributed by atoms with Crippen LogP contribution in [0.5, 0.6) is 0 Å². The Morgan fingerprint density at radius 3 is 2.35 bits per heavy atom. The molecule has 1 atom stereocenters. The van der Waals surface area contributed by atoms with Gasteiger partial charge in [0.15, 0.2) is 0 Å². The summed E-state index contributed by atoms with van der Waals surface area (Å²) in [5.74, 6) is 0.285. The first kappa shape index (κ1) is 21.3. The number of rotatable bonds is 4. The van der Waals surface area contributed by atoms with E-state index in [1.54, 1.807) is 12.1 Å². The Morgan fingerprint density at radius 1 is 1.03 bits per heavy atom. The average Bonchev–Trinajstić information content (AvgIpc) is 3.24. The number of sulfone groups is 1. The second-order valence-corrected chi connectivity index (χ2v) is 9.13. The molecule has 0 amide bonds. The maximum atomic E-state index is 13.1. The zero-order chi connectivity index (χ0) is 22.2. The lowest BCUT2D eigenvalue weighted by Crippen LogP contribution is -2.34. The molecule has 1 saturated heterocycles. The van der Waals surface area contributed by atoms with Crippen molar-refractivity contribution in [2.75, 3.05) is 18.0 Å². The number of halogens is 4. The van der Waals surface area contributed by atoms with E-state index in [9.17, 15) is 26.0 Å². The standard InChI is InChI=1S/C20H17F4N3O3S/c21-15-5-3-13(4-6-15)18-25-19(30-26-18)14-2-1-11-27(12-14)16-7-9-17(10-8-16)31(28,29)20(22,23)24/h3-10,14H,1-2,11-12H2/t14-/m0/s1. The molecule has 1 aliphatic rings. The van der Waals surface area contributed by atoms with Gasteiger partial charge in [0.05, 0.1) is 10.8 Å². The molecule has 0 aliphatic carbocycles. The number of nitrogens with zero attached hydrogens (tertiary/aromatic N) is 3. The number of anilines is 1. The molecule has 0 saturated carbocycles. The fourth-order valence-electron chi connectivity index (χ4n) is 3.50. The van der Waals surface area contributed by atoms with Gasteiger partial charge < -0.3 is 9.42 Å². The molecule has 1 aromatic heterocycles. The molecule has 0 unspecified atom stereocenters. The van der Waals surface area contributed by atoms with E-state index in [0.717, 1.165) is 25.0 Å². The molecule has 0 N–H and O–H groups in total. The summed E-state index contributed by atoms with van der Waals surface area (Å²) >= 11 is 0. The predicted octanol–water partition coefficient (Wildman–Crippen LogP) is 4.55. The molecule has 1 fully saturated rings. The van der Waals surface area contributed by atoms with Crippen LogP contribution in [0.3, 0.4) is 0 Å². The van der Waals surface area contributed by atoms with Gasteiger partial charge in [-0.1, -0.05) is 5.16 Å². The van der Waals surface area contributed by atoms with Gasteiger partial charge in [-0.25, -0.2) is 12.8 Å². The molecule has 11 heteroatoms. The number of hydrogen-bond donors (Lipinski definition) is 0. The molecule has 6 nitrogen and oxygen atoms in total. The first-order valence-corrected chi connectivity index (χ1v) is 10.9. The van der Waals surface area contributed by atoms with Crippen molar-refractivity contribution in [1.29, 1.82) is 0 Å². The Balaban J connectivity index is 1.50. The van der Waals surface area contributed by atoms with Crippen LogP contribution in [0.4, 0.5) is 23.2 Å². The van der Waals surface area contributed by atoms with Gasteiger partial charge in [-0.2, -0.15) is 18.2 Å². The Labute approximate surface area is 175 Å².